The Morgan fingerprint density at radius 3 is 1.44 bits per heavy atom. The Hall–Kier alpha value is -5.37. The monoisotopic (exact) mass is 584 g/mol. The van der Waals surface area contributed by atoms with Crippen molar-refractivity contribution >= 4 is 52.3 Å². The standard InChI is InChI=1S/C32H36N6O5/c1-18(2)29(39)34-23-11-8-13-25(20(23)5)36-31(41)38(27-15-10-16-28(22(27)7)43-17-33)32(42)37-26-14-9-12-24(21(26)6)35-30(40)19(3)4/h8-16,18-19H,1-7H3,(H,34,39)(H,35,40)(H,36,41)(H,37,42). The maximum absolute atomic E-state index is 13.8. The van der Waals surface area contributed by atoms with Gasteiger partial charge in [0.25, 0.3) is 6.26 Å². The molecule has 6 amide bonds. The number of amides is 6. The Labute approximate surface area is 251 Å². The summed E-state index contributed by atoms with van der Waals surface area (Å²) in [5.74, 6) is -0.680. The molecule has 0 spiro atoms. The number of nitrogens with zero attached hydrogens (tertiary/aromatic N) is 2. The molecule has 3 aromatic rings. The molecule has 0 heterocycles. The molecule has 4 N–H and O–H groups in total. The van der Waals surface area contributed by atoms with E-state index in [-0.39, 0.29) is 35.1 Å². The molecule has 0 saturated carbocycles. The van der Waals surface area contributed by atoms with E-state index in [9.17, 15) is 19.2 Å². The van der Waals surface area contributed by atoms with Gasteiger partial charge in [-0.25, -0.2) is 14.5 Å². The Bertz CT molecular complexity index is 1510. The molecule has 0 aromatic heterocycles. The second-order valence-corrected chi connectivity index (χ2v) is 10.5. The fourth-order valence-corrected chi connectivity index (χ4v) is 4.03. The first-order chi connectivity index (χ1) is 20.3. The molecular weight excluding hydrogens is 548 g/mol. The Balaban J connectivity index is 2.01. The van der Waals surface area contributed by atoms with Gasteiger partial charge < -0.3 is 26.0 Å². The lowest BCUT2D eigenvalue weighted by molar-refractivity contribution is -0.119. The zero-order chi connectivity index (χ0) is 31.8. The van der Waals surface area contributed by atoms with E-state index in [1.807, 2.05) is 0 Å². The van der Waals surface area contributed by atoms with E-state index in [0.717, 1.165) is 4.90 Å². The van der Waals surface area contributed by atoms with Crippen molar-refractivity contribution in [1.29, 1.82) is 5.26 Å². The van der Waals surface area contributed by atoms with Gasteiger partial charge in [-0.1, -0.05) is 45.9 Å². The topological polar surface area (TPSA) is 153 Å². The zero-order valence-corrected chi connectivity index (χ0v) is 25.3. The van der Waals surface area contributed by atoms with E-state index in [4.69, 9.17) is 10.00 Å². The fraction of sp³-hybridized carbons (Fsp3) is 0.281. The van der Waals surface area contributed by atoms with Crippen LogP contribution in [-0.4, -0.2) is 23.9 Å². The molecule has 0 aliphatic rings. The third kappa shape index (κ3) is 7.68. The predicted octanol–water partition coefficient (Wildman–Crippen LogP) is 6.93. The van der Waals surface area contributed by atoms with Crippen molar-refractivity contribution in [2.45, 2.75) is 48.5 Å². The number of nitrogens with one attached hydrogen (secondary N) is 4. The van der Waals surface area contributed by atoms with Crippen LogP contribution in [0.5, 0.6) is 5.75 Å². The number of hydrogen-bond donors (Lipinski definition) is 4. The third-order valence-corrected chi connectivity index (χ3v) is 6.77. The second kappa shape index (κ2) is 14.0. The number of anilines is 5. The highest BCUT2D eigenvalue weighted by atomic mass is 16.5. The van der Waals surface area contributed by atoms with Crippen LogP contribution in [0.4, 0.5) is 38.0 Å². The van der Waals surface area contributed by atoms with Crippen LogP contribution in [0.15, 0.2) is 54.6 Å². The van der Waals surface area contributed by atoms with Gasteiger partial charge in [-0.2, -0.15) is 0 Å². The van der Waals surface area contributed by atoms with Gasteiger partial charge >= 0.3 is 12.1 Å². The summed E-state index contributed by atoms with van der Waals surface area (Å²) in [6.45, 7) is 12.2. The first-order valence-corrected chi connectivity index (χ1v) is 13.7. The summed E-state index contributed by atoms with van der Waals surface area (Å²) in [5.41, 5.74) is 3.51. The van der Waals surface area contributed by atoms with Crippen molar-refractivity contribution in [3.63, 3.8) is 0 Å². The molecule has 43 heavy (non-hydrogen) atoms. The molecule has 0 saturated heterocycles. The van der Waals surface area contributed by atoms with Gasteiger partial charge in [-0.15, -0.1) is 5.26 Å². The van der Waals surface area contributed by atoms with Crippen molar-refractivity contribution in [2.24, 2.45) is 11.8 Å². The quantitative estimate of drug-likeness (QED) is 0.211. The average Bonchev–Trinajstić information content (AvgIpc) is 2.95. The highest BCUT2D eigenvalue weighted by Crippen LogP contribution is 2.32. The normalized spacial score (nSPS) is 10.5. The molecule has 0 bridgehead atoms. The summed E-state index contributed by atoms with van der Waals surface area (Å²) in [5, 5.41) is 20.3. The molecule has 3 aromatic carbocycles. The van der Waals surface area contributed by atoms with Crippen molar-refractivity contribution < 1.29 is 23.9 Å². The highest BCUT2D eigenvalue weighted by molar-refractivity contribution is 6.22. The summed E-state index contributed by atoms with van der Waals surface area (Å²) >= 11 is 0. The van der Waals surface area contributed by atoms with Gasteiger partial charge in [0.2, 0.25) is 11.8 Å². The maximum atomic E-state index is 13.8. The lowest BCUT2D eigenvalue weighted by atomic mass is 10.1. The number of nitriles is 1. The first kappa shape index (κ1) is 32.1. The molecule has 0 fully saturated rings. The minimum Gasteiger partial charge on any atom is -0.388 e. The van der Waals surface area contributed by atoms with Crippen LogP contribution >= 0.6 is 0 Å². The predicted molar refractivity (Wildman–Crippen MR) is 167 cm³/mol. The van der Waals surface area contributed by atoms with Crippen LogP contribution in [0.25, 0.3) is 0 Å². The van der Waals surface area contributed by atoms with Crippen LogP contribution in [0.1, 0.15) is 44.4 Å². The van der Waals surface area contributed by atoms with Crippen LogP contribution in [0.3, 0.4) is 0 Å². The largest absolute Gasteiger partial charge is 0.388 e. The molecule has 224 valence electrons. The SMILES string of the molecule is Cc1c(NC(=O)C(C)C)cccc1NC(=O)N(C(=O)Nc1cccc(NC(=O)C(C)C)c1C)c1cccc(OC#N)c1C. The summed E-state index contributed by atoms with van der Waals surface area (Å²) in [7, 11) is 0. The third-order valence-electron chi connectivity index (χ3n) is 6.77. The number of imide groups is 1. The molecule has 11 heteroatoms. The van der Waals surface area contributed by atoms with Crippen molar-refractivity contribution in [3.05, 3.63) is 71.3 Å². The van der Waals surface area contributed by atoms with E-state index in [0.29, 0.717) is 39.4 Å². The van der Waals surface area contributed by atoms with Gasteiger partial charge in [-0.3, -0.25) is 9.59 Å². The summed E-state index contributed by atoms with van der Waals surface area (Å²) < 4.78 is 5.04. The van der Waals surface area contributed by atoms with Crippen LogP contribution < -0.4 is 30.9 Å². The van der Waals surface area contributed by atoms with Crippen molar-refractivity contribution in [1.82, 2.24) is 0 Å². The summed E-state index contributed by atoms with van der Waals surface area (Å²) in [6.07, 6.45) is 1.61. The molecule has 0 aliphatic heterocycles. The van der Waals surface area contributed by atoms with Crippen LogP contribution in [-0.2, 0) is 9.59 Å². The summed E-state index contributed by atoms with van der Waals surface area (Å²) in [4.78, 5) is 53.2. The number of carbonyl (C=O) groups is 4. The summed E-state index contributed by atoms with van der Waals surface area (Å²) in [6, 6.07) is 13.2. The Morgan fingerprint density at radius 2 is 1.05 bits per heavy atom. The van der Waals surface area contributed by atoms with Gasteiger partial charge in [0, 0.05) is 40.1 Å². The van der Waals surface area contributed by atoms with Crippen molar-refractivity contribution in [3.8, 4) is 12.0 Å². The number of carbonyl (C=O) groups excluding carboxylic acids is 4. The van der Waals surface area contributed by atoms with Gasteiger partial charge in [0.15, 0.2) is 0 Å². The van der Waals surface area contributed by atoms with Crippen molar-refractivity contribution in [2.75, 3.05) is 26.2 Å². The second-order valence-electron chi connectivity index (χ2n) is 10.5. The molecular formula is C32H36N6O5. The molecule has 11 nitrogen and oxygen atoms in total. The molecule has 0 aliphatic carbocycles. The number of urea groups is 2. The number of hydrogen-bond acceptors (Lipinski definition) is 6. The van der Waals surface area contributed by atoms with Crippen LogP contribution in [0.2, 0.25) is 0 Å². The minimum atomic E-state index is -0.799. The minimum absolute atomic E-state index is 0.173. The lowest BCUT2D eigenvalue weighted by Gasteiger charge is -2.25. The molecule has 0 atom stereocenters. The zero-order valence-electron chi connectivity index (χ0n) is 25.3. The number of benzene rings is 3. The van der Waals surface area contributed by atoms with E-state index < -0.39 is 12.1 Å². The highest BCUT2D eigenvalue weighted by Gasteiger charge is 2.28. The average molecular weight is 585 g/mol. The van der Waals surface area contributed by atoms with Gasteiger partial charge in [0.05, 0.1) is 5.69 Å². The maximum Gasteiger partial charge on any atom is 0.334 e. The molecule has 0 radical (unpaired) electrons. The molecule has 0 unspecified atom stereocenters. The van der Waals surface area contributed by atoms with Gasteiger partial charge in [0.1, 0.15) is 5.75 Å². The Kier molecular flexibility index (Phi) is 10.5. The Morgan fingerprint density at radius 1 is 0.651 bits per heavy atom. The van der Waals surface area contributed by atoms with E-state index in [2.05, 4.69) is 21.3 Å². The number of rotatable bonds is 8. The van der Waals surface area contributed by atoms with Crippen LogP contribution in [0, 0.1) is 44.1 Å². The fourth-order valence-electron chi connectivity index (χ4n) is 4.03. The number of ether oxygens (including phenoxy) is 1. The van der Waals surface area contributed by atoms with E-state index in [1.165, 1.54) is 0 Å². The van der Waals surface area contributed by atoms with E-state index >= 15 is 0 Å². The van der Waals surface area contributed by atoms with Gasteiger partial charge in [-0.05, 0) is 68.3 Å². The van der Waals surface area contributed by atoms with E-state index in [1.54, 1.807) is 109 Å². The first-order valence-electron chi connectivity index (χ1n) is 13.7. The lowest BCUT2D eigenvalue weighted by Crippen LogP contribution is -2.43. The smallest absolute Gasteiger partial charge is 0.334 e. The molecule has 3 rings (SSSR count).